The van der Waals surface area contributed by atoms with Gasteiger partial charge in [-0.3, -0.25) is 0 Å². The fourth-order valence-electron chi connectivity index (χ4n) is 4.58. The monoisotopic (exact) mass is 366 g/mol. The lowest BCUT2D eigenvalue weighted by Crippen LogP contribution is -2.39. The number of imidazole rings is 1. The molecule has 5 rings (SSSR count). The summed E-state index contributed by atoms with van der Waals surface area (Å²) < 4.78 is 4.01. The summed E-state index contributed by atoms with van der Waals surface area (Å²) in [5.74, 6) is 2.38. The predicted octanol–water partition coefficient (Wildman–Crippen LogP) is 2.22. The van der Waals surface area contributed by atoms with Crippen molar-refractivity contribution in [2.45, 2.75) is 38.5 Å². The molecule has 0 spiro atoms. The number of aliphatic hydroxyl groups excluding tert-OH is 1. The van der Waals surface area contributed by atoms with Gasteiger partial charge < -0.3 is 14.6 Å². The molecular weight excluding hydrogens is 340 g/mol. The predicted molar refractivity (Wildman–Crippen MR) is 104 cm³/mol. The summed E-state index contributed by atoms with van der Waals surface area (Å²) in [6.07, 6.45) is 10.5. The fourth-order valence-corrected chi connectivity index (χ4v) is 4.58. The maximum absolute atomic E-state index is 9.69. The van der Waals surface area contributed by atoms with Crippen molar-refractivity contribution in [1.29, 1.82) is 0 Å². The minimum absolute atomic E-state index is 0.255. The molecule has 1 aliphatic heterocycles. The minimum Gasteiger partial charge on any atom is -0.396 e. The van der Waals surface area contributed by atoms with E-state index in [0.29, 0.717) is 5.92 Å². The average molecular weight is 366 g/mol. The van der Waals surface area contributed by atoms with Crippen LogP contribution >= 0.6 is 0 Å². The number of aliphatic hydroxyl groups is 1. The second-order valence-corrected chi connectivity index (χ2v) is 7.87. The van der Waals surface area contributed by atoms with Crippen molar-refractivity contribution in [3.8, 4) is 11.5 Å². The number of hydrogen-bond acceptors (Lipinski definition) is 5. The van der Waals surface area contributed by atoms with Crippen LogP contribution in [0.4, 0.5) is 5.82 Å². The first-order valence-corrected chi connectivity index (χ1v) is 9.99. The van der Waals surface area contributed by atoms with Crippen LogP contribution in [0.15, 0.2) is 18.5 Å². The van der Waals surface area contributed by atoms with Gasteiger partial charge in [-0.2, -0.15) is 9.61 Å². The molecule has 0 bridgehead atoms. The molecule has 27 heavy (non-hydrogen) atoms. The van der Waals surface area contributed by atoms with Gasteiger partial charge in [-0.1, -0.05) is 0 Å². The third-order valence-corrected chi connectivity index (χ3v) is 5.98. The molecule has 1 saturated heterocycles. The van der Waals surface area contributed by atoms with Crippen LogP contribution in [0.1, 0.15) is 36.9 Å². The second-order valence-electron chi connectivity index (χ2n) is 7.87. The highest BCUT2D eigenvalue weighted by atomic mass is 16.3. The Labute approximate surface area is 158 Å². The third-order valence-electron chi connectivity index (χ3n) is 5.98. The zero-order chi connectivity index (χ0) is 18.4. The summed E-state index contributed by atoms with van der Waals surface area (Å²) in [5, 5.41) is 14.6. The molecule has 3 aromatic rings. The number of aromatic nitrogens is 5. The maximum atomic E-state index is 9.69. The van der Waals surface area contributed by atoms with Gasteiger partial charge in [-0.05, 0) is 44.4 Å². The summed E-state index contributed by atoms with van der Waals surface area (Å²) in [6, 6.07) is 2.05. The molecule has 1 aliphatic carbocycles. The molecule has 0 radical (unpaired) electrons. The number of fused-ring (bicyclic) bond motifs is 2. The van der Waals surface area contributed by atoms with Gasteiger partial charge in [0.05, 0.1) is 0 Å². The van der Waals surface area contributed by atoms with Crippen molar-refractivity contribution in [2.24, 2.45) is 13.0 Å². The molecule has 1 unspecified atom stereocenters. The van der Waals surface area contributed by atoms with E-state index in [2.05, 4.69) is 9.88 Å². The Morgan fingerprint density at radius 3 is 2.93 bits per heavy atom. The van der Waals surface area contributed by atoms with Crippen LogP contribution < -0.4 is 4.90 Å². The first kappa shape index (κ1) is 16.7. The standard InChI is InChI=1S/C20H26N6O/c1-24-10-8-21-19(24)17-11-18-22-16-7-3-2-6-15(16)20(26(18)23-17)25-9-4-5-14(12-25)13-27/h8,10-11,14,27H,2-7,9,12-13H2,1H3. The normalized spacial score (nSPS) is 20.2. The summed E-state index contributed by atoms with van der Waals surface area (Å²) in [5.41, 5.74) is 4.33. The van der Waals surface area contributed by atoms with Gasteiger partial charge in [-0.25, -0.2) is 9.97 Å². The molecule has 3 aromatic heterocycles. The largest absolute Gasteiger partial charge is 0.396 e. The second kappa shape index (κ2) is 6.64. The van der Waals surface area contributed by atoms with Crippen molar-refractivity contribution >= 4 is 11.5 Å². The van der Waals surface area contributed by atoms with E-state index in [1.807, 2.05) is 28.4 Å². The zero-order valence-corrected chi connectivity index (χ0v) is 15.8. The highest BCUT2D eigenvalue weighted by molar-refractivity contribution is 5.64. The molecule has 0 amide bonds. The van der Waals surface area contributed by atoms with Crippen LogP contribution in [0.5, 0.6) is 0 Å². The van der Waals surface area contributed by atoms with E-state index >= 15 is 0 Å². The van der Waals surface area contributed by atoms with Crippen LogP contribution in [0.25, 0.3) is 17.2 Å². The van der Waals surface area contributed by atoms with Crippen LogP contribution in [-0.2, 0) is 19.9 Å². The van der Waals surface area contributed by atoms with Gasteiger partial charge in [0, 0.05) is 56.5 Å². The molecule has 142 valence electrons. The van der Waals surface area contributed by atoms with Crippen molar-refractivity contribution in [3.63, 3.8) is 0 Å². The van der Waals surface area contributed by atoms with Gasteiger partial charge in [0.2, 0.25) is 0 Å². The lowest BCUT2D eigenvalue weighted by Gasteiger charge is -2.35. The molecule has 0 aromatic carbocycles. The summed E-state index contributed by atoms with van der Waals surface area (Å²) in [7, 11) is 1.99. The molecular formula is C20H26N6O. The van der Waals surface area contributed by atoms with Gasteiger partial charge in [0.15, 0.2) is 11.5 Å². The smallest absolute Gasteiger partial charge is 0.160 e. The van der Waals surface area contributed by atoms with Crippen LogP contribution in [0.3, 0.4) is 0 Å². The molecule has 1 atom stereocenters. The highest BCUT2D eigenvalue weighted by Gasteiger charge is 2.28. The Hall–Kier alpha value is -2.41. The van der Waals surface area contributed by atoms with Gasteiger partial charge >= 0.3 is 0 Å². The Morgan fingerprint density at radius 2 is 2.11 bits per heavy atom. The molecule has 4 heterocycles. The number of anilines is 1. The van der Waals surface area contributed by atoms with Crippen molar-refractivity contribution in [1.82, 2.24) is 24.1 Å². The van der Waals surface area contributed by atoms with E-state index in [9.17, 15) is 5.11 Å². The van der Waals surface area contributed by atoms with Crippen molar-refractivity contribution in [2.75, 3.05) is 24.6 Å². The number of piperidine rings is 1. The van der Waals surface area contributed by atoms with Crippen LogP contribution in [0.2, 0.25) is 0 Å². The van der Waals surface area contributed by atoms with E-state index in [0.717, 1.165) is 55.9 Å². The van der Waals surface area contributed by atoms with Gasteiger partial charge in [0.1, 0.15) is 11.5 Å². The van der Waals surface area contributed by atoms with Crippen LogP contribution in [0, 0.1) is 5.92 Å². The summed E-state index contributed by atoms with van der Waals surface area (Å²) in [4.78, 5) is 11.8. The number of hydrogen-bond donors (Lipinski definition) is 1. The Morgan fingerprint density at radius 1 is 1.22 bits per heavy atom. The van der Waals surface area contributed by atoms with E-state index in [4.69, 9.17) is 10.1 Å². The molecule has 7 nitrogen and oxygen atoms in total. The summed E-state index contributed by atoms with van der Waals surface area (Å²) >= 11 is 0. The van der Waals surface area contributed by atoms with Gasteiger partial charge in [0.25, 0.3) is 0 Å². The third kappa shape index (κ3) is 2.81. The van der Waals surface area contributed by atoms with E-state index in [-0.39, 0.29) is 6.61 Å². The first-order chi connectivity index (χ1) is 13.2. The maximum Gasteiger partial charge on any atom is 0.160 e. The topological polar surface area (TPSA) is 71.5 Å². The molecule has 2 aliphatic rings. The SMILES string of the molecule is Cn1ccnc1-c1cc2nc3c(c(N4CCCC(CO)C4)n2n1)CCCC3. The van der Waals surface area contributed by atoms with E-state index in [1.165, 1.54) is 29.9 Å². The summed E-state index contributed by atoms with van der Waals surface area (Å²) in [6.45, 7) is 2.16. The Kier molecular flexibility index (Phi) is 4.11. The van der Waals surface area contributed by atoms with Gasteiger partial charge in [-0.15, -0.1) is 0 Å². The van der Waals surface area contributed by atoms with Crippen LogP contribution in [-0.4, -0.2) is 49.0 Å². The quantitative estimate of drug-likeness (QED) is 0.770. The lowest BCUT2D eigenvalue weighted by molar-refractivity contribution is 0.208. The van der Waals surface area contributed by atoms with Crippen molar-refractivity contribution < 1.29 is 5.11 Å². The van der Waals surface area contributed by atoms with E-state index in [1.54, 1.807) is 6.20 Å². The Balaban J connectivity index is 1.69. The number of nitrogens with zero attached hydrogens (tertiary/aromatic N) is 6. The number of rotatable bonds is 3. The van der Waals surface area contributed by atoms with E-state index < -0.39 is 0 Å². The lowest BCUT2D eigenvalue weighted by atomic mass is 9.94. The van der Waals surface area contributed by atoms with Crippen molar-refractivity contribution in [3.05, 3.63) is 29.7 Å². The Bertz CT molecular complexity index is 974. The molecule has 1 N–H and O–H groups in total. The minimum atomic E-state index is 0.255. The average Bonchev–Trinajstić information content (AvgIpc) is 3.31. The zero-order valence-electron chi connectivity index (χ0n) is 15.8. The fraction of sp³-hybridized carbons (Fsp3) is 0.550. The first-order valence-electron chi connectivity index (χ1n) is 9.99. The molecule has 0 saturated carbocycles. The highest BCUT2D eigenvalue weighted by Crippen LogP contribution is 2.33. The molecule has 7 heteroatoms. The molecule has 1 fully saturated rings. The number of aryl methyl sites for hydroxylation is 2.